The van der Waals surface area contributed by atoms with Crippen LogP contribution in [0.25, 0.3) is 0 Å². The molecule has 1 unspecified atom stereocenters. The summed E-state index contributed by atoms with van der Waals surface area (Å²) in [6.07, 6.45) is -1.53. The molecule has 2 aliphatic heterocycles. The van der Waals surface area contributed by atoms with E-state index >= 15 is 4.39 Å². The van der Waals surface area contributed by atoms with Crippen LogP contribution in [0.15, 0.2) is 47.4 Å². The minimum absolute atomic E-state index is 0.0113. The van der Waals surface area contributed by atoms with Crippen molar-refractivity contribution >= 4 is 33.4 Å². The molecule has 2 fully saturated rings. The van der Waals surface area contributed by atoms with E-state index in [1.165, 1.54) is 33.5 Å². The molecular formula is C23H24FN5O6S. The fourth-order valence-electron chi connectivity index (χ4n) is 4.20. The highest BCUT2D eigenvalue weighted by Gasteiger charge is 2.35. The number of carbonyl (C=O) groups is 2. The number of nitriles is 1. The number of piperazine rings is 1. The number of amides is 2. The topological polar surface area (TPSA) is 139 Å². The molecule has 2 aromatic rings. The van der Waals surface area contributed by atoms with Crippen molar-refractivity contribution < 1.29 is 32.2 Å². The van der Waals surface area contributed by atoms with Crippen LogP contribution in [0, 0.1) is 22.4 Å². The van der Waals surface area contributed by atoms with Crippen LogP contribution >= 0.6 is 0 Å². The third kappa shape index (κ3) is 5.02. The number of hydrogen-bond acceptors (Lipinski definition) is 8. The first-order chi connectivity index (χ1) is 17.1. The molecule has 0 spiro atoms. The van der Waals surface area contributed by atoms with Gasteiger partial charge in [-0.05, 0) is 30.3 Å². The molecule has 1 N–H and O–H groups in total. The molecule has 0 bridgehead atoms. The number of nitrogens with zero attached hydrogens (tertiary/aromatic N) is 4. The Kier molecular flexibility index (Phi) is 7.23. The Morgan fingerprint density at radius 3 is 2.56 bits per heavy atom. The zero-order valence-corrected chi connectivity index (χ0v) is 20.2. The second-order valence-electron chi connectivity index (χ2n) is 8.43. The predicted octanol–water partition coefficient (Wildman–Crippen LogP) is 0.463. The van der Waals surface area contributed by atoms with Crippen molar-refractivity contribution in [2.24, 2.45) is 0 Å². The van der Waals surface area contributed by atoms with Crippen LogP contribution < -0.4 is 14.9 Å². The number of quaternary nitrogens is 1. The second-order valence-corrected chi connectivity index (χ2v) is 10.3. The second kappa shape index (κ2) is 10.2. The molecule has 0 aromatic heterocycles. The first-order valence-electron chi connectivity index (χ1n) is 11.2. The van der Waals surface area contributed by atoms with Gasteiger partial charge in [0.25, 0.3) is 0 Å². The summed E-state index contributed by atoms with van der Waals surface area (Å²) in [7, 11) is -3.88. The summed E-state index contributed by atoms with van der Waals surface area (Å²) in [5, 5.41) is 20.2. The summed E-state index contributed by atoms with van der Waals surface area (Å²) in [4.78, 5) is 26.2. The molecule has 11 nitrogen and oxygen atoms in total. The predicted molar refractivity (Wildman–Crippen MR) is 126 cm³/mol. The van der Waals surface area contributed by atoms with Crippen LogP contribution in [0.1, 0.15) is 12.5 Å². The minimum atomic E-state index is -3.88. The standard InChI is InChI=1S/C23H24FN5O6S/c1-16(30)29(32)15-19-14-28(23(31)35-19)18-6-7-21(20(24)12-18)26-8-10-27(11-9-26)36(33,34)22-5-3-2-4-17(22)13-25/h2-7,12,19,29H,8-11,14-15H2,1H3. The maximum atomic E-state index is 15.0. The van der Waals surface area contributed by atoms with Crippen LogP contribution in [-0.2, 0) is 19.6 Å². The summed E-state index contributed by atoms with van der Waals surface area (Å²) < 4.78 is 47.5. The number of sulfonamides is 1. The first kappa shape index (κ1) is 25.5. The molecule has 2 aliphatic rings. The summed E-state index contributed by atoms with van der Waals surface area (Å²) in [6.45, 7) is 1.59. The monoisotopic (exact) mass is 517 g/mol. The Labute approximate surface area is 207 Å². The number of cyclic esters (lactones) is 1. The minimum Gasteiger partial charge on any atom is -0.627 e. The van der Waals surface area contributed by atoms with Gasteiger partial charge in [-0.25, -0.2) is 22.4 Å². The van der Waals surface area contributed by atoms with E-state index in [0.717, 1.165) is 6.92 Å². The zero-order chi connectivity index (χ0) is 26.0. The van der Waals surface area contributed by atoms with E-state index in [-0.39, 0.29) is 61.1 Å². The number of rotatable bonds is 6. The van der Waals surface area contributed by atoms with Crippen LogP contribution in [0.4, 0.5) is 20.6 Å². The highest BCUT2D eigenvalue weighted by molar-refractivity contribution is 7.89. The van der Waals surface area contributed by atoms with Gasteiger partial charge in [0.2, 0.25) is 10.0 Å². The molecule has 0 saturated carbocycles. The fourth-order valence-corrected chi connectivity index (χ4v) is 5.77. The smallest absolute Gasteiger partial charge is 0.414 e. The van der Waals surface area contributed by atoms with Crippen LogP contribution in [0.3, 0.4) is 0 Å². The molecule has 36 heavy (non-hydrogen) atoms. The summed E-state index contributed by atoms with van der Waals surface area (Å²) >= 11 is 0. The number of hydroxylamine groups is 2. The molecule has 0 radical (unpaired) electrons. The van der Waals surface area contributed by atoms with Gasteiger partial charge in [-0.1, -0.05) is 12.1 Å². The van der Waals surface area contributed by atoms with Crippen molar-refractivity contribution in [1.29, 1.82) is 5.26 Å². The van der Waals surface area contributed by atoms with Gasteiger partial charge in [-0.3, -0.25) is 4.90 Å². The fraction of sp³-hybridized carbons (Fsp3) is 0.348. The van der Waals surface area contributed by atoms with E-state index in [9.17, 15) is 28.5 Å². The summed E-state index contributed by atoms with van der Waals surface area (Å²) in [5.41, 5.74) is 0.562. The number of halogens is 1. The van der Waals surface area contributed by atoms with Gasteiger partial charge < -0.3 is 19.9 Å². The number of nitrogens with one attached hydrogen (secondary N) is 1. The molecule has 190 valence electrons. The van der Waals surface area contributed by atoms with Crippen molar-refractivity contribution in [3.8, 4) is 6.07 Å². The van der Waals surface area contributed by atoms with Gasteiger partial charge >= 0.3 is 12.0 Å². The normalized spacial score (nSPS) is 19.6. The Morgan fingerprint density at radius 2 is 1.92 bits per heavy atom. The van der Waals surface area contributed by atoms with Crippen molar-refractivity contribution in [2.45, 2.75) is 17.9 Å². The average molecular weight is 518 g/mol. The van der Waals surface area contributed by atoms with Crippen LogP contribution in [-0.4, -0.2) is 70.1 Å². The molecule has 2 aromatic carbocycles. The summed E-state index contributed by atoms with van der Waals surface area (Å²) in [5.74, 6) is -1.23. The Hall–Kier alpha value is -3.57. The lowest BCUT2D eigenvalue weighted by Crippen LogP contribution is -3.10. The molecule has 2 heterocycles. The number of hydrogen-bond donors (Lipinski definition) is 1. The molecule has 2 atom stereocenters. The van der Waals surface area contributed by atoms with Gasteiger partial charge in [0.15, 0.2) is 6.10 Å². The van der Waals surface area contributed by atoms with Crippen molar-refractivity contribution in [2.75, 3.05) is 49.1 Å². The molecule has 4 rings (SSSR count). The first-order valence-corrected chi connectivity index (χ1v) is 12.6. The lowest BCUT2D eigenvalue weighted by atomic mass is 10.2. The molecule has 13 heteroatoms. The number of anilines is 2. The van der Waals surface area contributed by atoms with Crippen LogP contribution in [0.2, 0.25) is 0 Å². The maximum Gasteiger partial charge on any atom is 0.414 e. The quantitative estimate of drug-likeness (QED) is 0.546. The van der Waals surface area contributed by atoms with Crippen molar-refractivity contribution in [3.63, 3.8) is 0 Å². The molecule has 2 saturated heterocycles. The van der Waals surface area contributed by atoms with E-state index in [0.29, 0.717) is 0 Å². The third-order valence-corrected chi connectivity index (χ3v) is 8.08. The molecular weight excluding hydrogens is 493 g/mol. The lowest BCUT2D eigenvalue weighted by molar-refractivity contribution is -0.768. The SMILES string of the molecule is CC(=O)[N@@H+]([O-])CC1CN(c2ccc(N3CCN(S(=O)(=O)c4ccccc4C#N)CC3)c(F)c2)C(=O)O1. The van der Waals surface area contributed by atoms with Crippen molar-refractivity contribution in [1.82, 2.24) is 4.31 Å². The maximum absolute atomic E-state index is 15.0. The van der Waals surface area contributed by atoms with E-state index < -0.39 is 39.0 Å². The number of carbonyl (C=O) groups excluding carboxylic acids is 2. The molecule has 2 amide bonds. The lowest BCUT2D eigenvalue weighted by Gasteiger charge is -2.35. The van der Waals surface area contributed by atoms with E-state index in [4.69, 9.17) is 4.74 Å². The zero-order valence-electron chi connectivity index (χ0n) is 19.4. The van der Waals surface area contributed by atoms with Crippen LogP contribution in [0.5, 0.6) is 0 Å². The Balaban J connectivity index is 1.42. The Bertz CT molecular complexity index is 1320. The third-order valence-electron chi connectivity index (χ3n) is 6.13. The highest BCUT2D eigenvalue weighted by atomic mass is 32.2. The van der Waals surface area contributed by atoms with E-state index in [1.807, 2.05) is 6.07 Å². The Morgan fingerprint density at radius 1 is 1.22 bits per heavy atom. The number of ether oxygens (including phenoxy) is 1. The van der Waals surface area contributed by atoms with Gasteiger partial charge in [0.05, 0.1) is 35.3 Å². The van der Waals surface area contributed by atoms with Crippen molar-refractivity contribution in [3.05, 3.63) is 59.1 Å². The van der Waals surface area contributed by atoms with Gasteiger partial charge in [-0.2, -0.15) is 9.57 Å². The van der Waals surface area contributed by atoms with E-state index in [2.05, 4.69) is 0 Å². The average Bonchev–Trinajstić information content (AvgIpc) is 3.23. The molecule has 0 aliphatic carbocycles. The number of benzene rings is 2. The van der Waals surface area contributed by atoms with Gasteiger partial charge in [-0.15, -0.1) is 0 Å². The van der Waals surface area contributed by atoms with Gasteiger partial charge in [0, 0.05) is 26.2 Å². The highest BCUT2D eigenvalue weighted by Crippen LogP contribution is 2.29. The van der Waals surface area contributed by atoms with Gasteiger partial charge in [0.1, 0.15) is 18.4 Å². The van der Waals surface area contributed by atoms with E-state index in [1.54, 1.807) is 23.1 Å². The largest absolute Gasteiger partial charge is 0.627 e. The summed E-state index contributed by atoms with van der Waals surface area (Å²) in [6, 6.07) is 12.1.